The van der Waals surface area contributed by atoms with Crippen LogP contribution in [0.15, 0.2) is 51.7 Å². The smallest absolute Gasteiger partial charge is 0.419 e. The maximum Gasteiger partial charge on any atom is 0.419 e. The number of carboxylic acid groups (broad SMARTS) is 1. The van der Waals surface area contributed by atoms with Crippen LogP contribution in [-0.2, 0) is 27.2 Å². The van der Waals surface area contributed by atoms with Gasteiger partial charge in [0, 0.05) is 52.7 Å². The number of oxazole rings is 1. The van der Waals surface area contributed by atoms with E-state index in [-0.39, 0.29) is 32.5 Å². The Bertz CT molecular complexity index is 1380. The summed E-state index contributed by atoms with van der Waals surface area (Å²) < 4.78 is 17.3. The van der Waals surface area contributed by atoms with Crippen LogP contribution in [0, 0.1) is 11.3 Å². The number of ether oxygens (including phenoxy) is 2. The van der Waals surface area contributed by atoms with E-state index in [9.17, 15) is 24.8 Å². The van der Waals surface area contributed by atoms with Crippen molar-refractivity contribution in [2.24, 2.45) is 0 Å². The molecule has 38 heavy (non-hydrogen) atoms. The molecule has 1 saturated heterocycles. The van der Waals surface area contributed by atoms with Crippen molar-refractivity contribution in [3.63, 3.8) is 0 Å². The summed E-state index contributed by atoms with van der Waals surface area (Å²) in [6.07, 6.45) is 0.0223. The molecule has 1 aliphatic heterocycles. The Morgan fingerprint density at radius 3 is 2.55 bits per heavy atom. The summed E-state index contributed by atoms with van der Waals surface area (Å²) in [7, 11) is 1.62. The first-order valence-corrected chi connectivity index (χ1v) is 12.4. The van der Waals surface area contributed by atoms with Crippen molar-refractivity contribution in [3.05, 3.63) is 58.6 Å². The fourth-order valence-corrected chi connectivity index (χ4v) is 4.65. The van der Waals surface area contributed by atoms with Gasteiger partial charge in [-0.25, -0.2) is 9.59 Å². The van der Waals surface area contributed by atoms with E-state index in [1.54, 1.807) is 17.7 Å². The fourth-order valence-electron chi connectivity index (χ4n) is 4.65. The second-order valence-electron chi connectivity index (χ2n) is 9.23. The van der Waals surface area contributed by atoms with Gasteiger partial charge >= 0.3 is 11.8 Å². The van der Waals surface area contributed by atoms with E-state index < -0.39 is 29.3 Å². The molecule has 0 aliphatic carbocycles. The summed E-state index contributed by atoms with van der Waals surface area (Å²) >= 11 is 0. The molecular formula is C27H30N4O7. The molecule has 2 heterocycles. The summed E-state index contributed by atoms with van der Waals surface area (Å²) in [6, 6.07) is 14.4. The molecule has 1 atom stereocenters. The Morgan fingerprint density at radius 2 is 1.89 bits per heavy atom. The van der Waals surface area contributed by atoms with Crippen LogP contribution in [0.2, 0.25) is 0 Å². The molecule has 0 spiro atoms. The minimum Gasteiger partial charge on any atom is -0.465 e. The number of nitrogens with zero attached hydrogens (tertiary/aromatic N) is 2. The van der Waals surface area contributed by atoms with Crippen LogP contribution in [0.3, 0.4) is 0 Å². The number of amides is 2. The lowest BCUT2D eigenvalue weighted by Gasteiger charge is -2.36. The first kappa shape index (κ1) is 26.9. The topological polar surface area (TPSA) is 156 Å². The molecule has 11 nitrogen and oxygen atoms in total. The second-order valence-corrected chi connectivity index (χ2v) is 9.23. The minimum atomic E-state index is -1.32. The number of carbonyl (C=O) groups is 2. The van der Waals surface area contributed by atoms with E-state index >= 15 is 0 Å². The number of methoxy groups -OCH3 is 1. The van der Waals surface area contributed by atoms with Crippen molar-refractivity contribution in [2.45, 2.75) is 43.8 Å². The number of hydrogen-bond donors (Lipinski definition) is 3. The Kier molecular flexibility index (Phi) is 8.45. The standard InChI is InChI=1S/C27H30N4O7/c1-36-12-2-11-31-22-16-20(7-8-23(22)38-26(31)35)19-5-3-18(4-6-19)15-21(17-28)29-24(32)27(30-25(33)34)9-13-37-14-10-27/h3-8,16,21,30H,2,9-15H2,1H3,(H,29,32)(H,33,34). The molecular weight excluding hydrogens is 492 g/mol. The summed E-state index contributed by atoms with van der Waals surface area (Å²) in [4.78, 5) is 36.6. The van der Waals surface area contributed by atoms with Crippen molar-refractivity contribution < 1.29 is 28.6 Å². The maximum absolute atomic E-state index is 13.0. The molecule has 1 aliphatic rings. The van der Waals surface area contributed by atoms with Gasteiger partial charge in [-0.15, -0.1) is 0 Å². The molecule has 11 heteroatoms. The molecule has 0 saturated carbocycles. The number of aryl methyl sites for hydroxylation is 1. The van der Waals surface area contributed by atoms with Crippen LogP contribution in [0.4, 0.5) is 4.79 Å². The maximum atomic E-state index is 13.0. The Hall–Kier alpha value is -4.14. The minimum absolute atomic E-state index is 0.194. The zero-order chi connectivity index (χ0) is 27.1. The Labute approximate surface area is 218 Å². The SMILES string of the molecule is COCCCn1c(=O)oc2ccc(-c3ccc(CC(C#N)NC(=O)C4(NC(=O)O)CCOCC4)cc3)cc21. The number of rotatable bonds is 10. The van der Waals surface area contributed by atoms with E-state index in [0.717, 1.165) is 16.7 Å². The van der Waals surface area contributed by atoms with Crippen molar-refractivity contribution in [1.82, 2.24) is 15.2 Å². The quantitative estimate of drug-likeness (QED) is 0.343. The summed E-state index contributed by atoms with van der Waals surface area (Å²) in [5.74, 6) is -0.939. The zero-order valence-corrected chi connectivity index (χ0v) is 21.1. The third-order valence-electron chi connectivity index (χ3n) is 6.71. The van der Waals surface area contributed by atoms with E-state index in [0.29, 0.717) is 30.7 Å². The van der Waals surface area contributed by atoms with Crippen LogP contribution >= 0.6 is 0 Å². The van der Waals surface area contributed by atoms with Gasteiger partial charge in [-0.2, -0.15) is 5.26 Å². The van der Waals surface area contributed by atoms with E-state index in [1.165, 1.54) is 0 Å². The predicted octanol–water partition coefficient (Wildman–Crippen LogP) is 2.67. The third-order valence-corrected chi connectivity index (χ3v) is 6.71. The van der Waals surface area contributed by atoms with Gasteiger partial charge in [-0.05, 0) is 35.2 Å². The highest BCUT2D eigenvalue weighted by atomic mass is 16.5. The van der Waals surface area contributed by atoms with Gasteiger partial charge in [-0.1, -0.05) is 30.3 Å². The normalized spacial score (nSPS) is 15.5. The number of nitrogens with one attached hydrogen (secondary N) is 2. The van der Waals surface area contributed by atoms with Crippen molar-refractivity contribution in [1.29, 1.82) is 5.26 Å². The molecule has 3 N–H and O–H groups in total. The number of aromatic nitrogens is 1. The first-order chi connectivity index (χ1) is 18.3. The summed E-state index contributed by atoms with van der Waals surface area (Å²) in [5, 5.41) is 23.9. The highest BCUT2D eigenvalue weighted by Crippen LogP contribution is 2.25. The van der Waals surface area contributed by atoms with Gasteiger partial charge in [0.25, 0.3) is 0 Å². The second kappa shape index (κ2) is 11.9. The predicted molar refractivity (Wildman–Crippen MR) is 138 cm³/mol. The lowest BCUT2D eigenvalue weighted by atomic mass is 9.88. The average Bonchev–Trinajstić information content (AvgIpc) is 3.23. The highest BCUT2D eigenvalue weighted by molar-refractivity contribution is 5.90. The lowest BCUT2D eigenvalue weighted by Crippen LogP contribution is -2.62. The van der Waals surface area contributed by atoms with Gasteiger partial charge in [0.1, 0.15) is 11.6 Å². The van der Waals surface area contributed by atoms with Crippen LogP contribution in [0.5, 0.6) is 0 Å². The van der Waals surface area contributed by atoms with Crippen LogP contribution in [0.1, 0.15) is 24.8 Å². The monoisotopic (exact) mass is 522 g/mol. The van der Waals surface area contributed by atoms with E-state index in [1.807, 2.05) is 36.4 Å². The van der Waals surface area contributed by atoms with Crippen LogP contribution < -0.4 is 16.4 Å². The van der Waals surface area contributed by atoms with Crippen molar-refractivity contribution >= 4 is 23.1 Å². The van der Waals surface area contributed by atoms with E-state index in [4.69, 9.17) is 13.9 Å². The molecule has 3 aromatic rings. The number of carbonyl (C=O) groups excluding carboxylic acids is 1. The largest absolute Gasteiger partial charge is 0.465 e. The Balaban J connectivity index is 1.47. The molecule has 0 bridgehead atoms. The molecule has 2 amide bonds. The summed E-state index contributed by atoms with van der Waals surface area (Å²) in [6.45, 7) is 1.52. The van der Waals surface area contributed by atoms with Gasteiger partial charge in [0.2, 0.25) is 5.91 Å². The molecule has 4 rings (SSSR count). The third kappa shape index (κ3) is 6.04. The van der Waals surface area contributed by atoms with Gasteiger partial charge in [0.15, 0.2) is 5.58 Å². The highest BCUT2D eigenvalue weighted by Gasteiger charge is 2.42. The lowest BCUT2D eigenvalue weighted by molar-refractivity contribution is -0.131. The van der Waals surface area contributed by atoms with Gasteiger partial charge in [-0.3, -0.25) is 9.36 Å². The van der Waals surface area contributed by atoms with Crippen LogP contribution in [-0.4, -0.2) is 60.2 Å². The first-order valence-electron chi connectivity index (χ1n) is 12.4. The average molecular weight is 523 g/mol. The van der Waals surface area contributed by atoms with Crippen LogP contribution in [0.25, 0.3) is 22.2 Å². The summed E-state index contributed by atoms with van der Waals surface area (Å²) in [5.41, 5.74) is 2.54. The number of fused-ring (bicyclic) bond motifs is 1. The molecule has 200 valence electrons. The molecule has 0 radical (unpaired) electrons. The molecule has 2 aromatic carbocycles. The number of benzene rings is 2. The molecule has 1 aromatic heterocycles. The van der Waals surface area contributed by atoms with Crippen molar-refractivity contribution in [3.8, 4) is 17.2 Å². The molecule has 1 fully saturated rings. The van der Waals surface area contributed by atoms with Crippen molar-refractivity contribution in [2.75, 3.05) is 26.9 Å². The van der Waals surface area contributed by atoms with Gasteiger partial charge < -0.3 is 29.6 Å². The zero-order valence-electron chi connectivity index (χ0n) is 21.1. The fraction of sp³-hybridized carbons (Fsp3) is 0.407. The van der Waals surface area contributed by atoms with Gasteiger partial charge in [0.05, 0.1) is 11.6 Å². The molecule has 1 unspecified atom stereocenters. The number of hydrogen-bond acceptors (Lipinski definition) is 7. The Morgan fingerprint density at radius 1 is 1.18 bits per heavy atom. The number of nitriles is 1. The van der Waals surface area contributed by atoms with E-state index in [2.05, 4.69) is 16.7 Å².